The number of benzene rings is 2. The summed E-state index contributed by atoms with van der Waals surface area (Å²) in [6.45, 7) is 0. The van der Waals surface area contributed by atoms with Crippen molar-refractivity contribution in [2.24, 2.45) is 4.99 Å². The fraction of sp³-hybridized carbons (Fsp3) is 0.111. The molecule has 0 spiro atoms. The van der Waals surface area contributed by atoms with Gasteiger partial charge in [0.15, 0.2) is 5.17 Å². The molecule has 0 radical (unpaired) electrons. The normalized spacial score (nSPS) is 17.0. The Bertz CT molecular complexity index is 863. The zero-order valence-electron chi connectivity index (χ0n) is 13.6. The van der Waals surface area contributed by atoms with Crippen LogP contribution in [0.3, 0.4) is 0 Å². The fourth-order valence-corrected chi connectivity index (χ4v) is 3.03. The van der Waals surface area contributed by atoms with Crippen LogP contribution in [0.1, 0.15) is 5.56 Å². The number of amides is 1. The van der Waals surface area contributed by atoms with Gasteiger partial charge >= 0.3 is 0 Å². The van der Waals surface area contributed by atoms with Gasteiger partial charge in [0.05, 0.1) is 24.8 Å². The average molecular weight is 358 g/mol. The Morgan fingerprint density at radius 1 is 1.12 bits per heavy atom. The summed E-state index contributed by atoms with van der Waals surface area (Å²) < 4.78 is 23.4. The van der Waals surface area contributed by atoms with E-state index < -0.39 is 0 Å². The highest BCUT2D eigenvalue weighted by Crippen LogP contribution is 2.32. The van der Waals surface area contributed by atoms with Gasteiger partial charge in [0.1, 0.15) is 17.3 Å². The second kappa shape index (κ2) is 7.40. The second-order valence-electron chi connectivity index (χ2n) is 5.07. The topological polar surface area (TPSA) is 59.9 Å². The molecule has 2 aromatic carbocycles. The van der Waals surface area contributed by atoms with Gasteiger partial charge in [0.25, 0.3) is 5.91 Å². The van der Waals surface area contributed by atoms with E-state index in [1.54, 1.807) is 44.6 Å². The minimum absolute atomic E-state index is 0.247. The number of carbonyl (C=O) groups excluding carboxylic acids is 1. The number of hydrogen-bond acceptors (Lipinski definition) is 5. The summed E-state index contributed by atoms with van der Waals surface area (Å²) in [5, 5.41) is 3.13. The minimum Gasteiger partial charge on any atom is -0.497 e. The van der Waals surface area contributed by atoms with Gasteiger partial charge in [-0.15, -0.1) is 0 Å². The Morgan fingerprint density at radius 3 is 2.56 bits per heavy atom. The second-order valence-corrected chi connectivity index (χ2v) is 6.10. The number of nitrogens with zero attached hydrogens (tertiary/aromatic N) is 1. The average Bonchev–Trinajstić information content (AvgIpc) is 2.96. The van der Waals surface area contributed by atoms with Crippen molar-refractivity contribution >= 4 is 34.6 Å². The SMILES string of the molecule is COc1ccc(/C=C2\SC(=Nc3ccc(F)cc3)NC2=O)c(OC)c1. The third-order valence-corrected chi connectivity index (χ3v) is 4.35. The van der Waals surface area contributed by atoms with Gasteiger partial charge in [0, 0.05) is 11.6 Å². The number of hydrogen-bond donors (Lipinski definition) is 1. The Labute approximate surface area is 148 Å². The Kier molecular flexibility index (Phi) is 5.04. The molecule has 25 heavy (non-hydrogen) atoms. The molecule has 1 N–H and O–H groups in total. The van der Waals surface area contributed by atoms with Crippen LogP contribution in [0.5, 0.6) is 11.5 Å². The van der Waals surface area contributed by atoms with Crippen molar-refractivity contribution in [3.8, 4) is 11.5 Å². The third kappa shape index (κ3) is 4.00. The highest BCUT2D eigenvalue weighted by molar-refractivity contribution is 8.18. The lowest BCUT2D eigenvalue weighted by molar-refractivity contribution is -0.115. The van der Waals surface area contributed by atoms with Crippen LogP contribution < -0.4 is 14.8 Å². The van der Waals surface area contributed by atoms with Crippen molar-refractivity contribution < 1.29 is 18.7 Å². The molecule has 0 aromatic heterocycles. The van der Waals surface area contributed by atoms with Crippen molar-refractivity contribution in [2.45, 2.75) is 0 Å². The van der Waals surface area contributed by atoms with E-state index in [1.807, 2.05) is 6.07 Å². The van der Waals surface area contributed by atoms with E-state index in [4.69, 9.17) is 9.47 Å². The van der Waals surface area contributed by atoms with Gasteiger partial charge in [-0.25, -0.2) is 9.38 Å². The van der Waals surface area contributed by atoms with E-state index in [1.165, 1.54) is 23.9 Å². The molecular formula is C18H15FN2O3S. The number of rotatable bonds is 4. The molecule has 5 nitrogen and oxygen atoms in total. The van der Waals surface area contributed by atoms with Gasteiger partial charge in [0.2, 0.25) is 0 Å². The predicted molar refractivity (Wildman–Crippen MR) is 96.8 cm³/mol. The van der Waals surface area contributed by atoms with Crippen molar-refractivity contribution in [2.75, 3.05) is 14.2 Å². The first-order chi connectivity index (χ1) is 12.1. The largest absolute Gasteiger partial charge is 0.497 e. The molecule has 1 aliphatic heterocycles. The molecule has 128 valence electrons. The number of ether oxygens (including phenoxy) is 2. The maximum absolute atomic E-state index is 12.9. The molecular weight excluding hydrogens is 343 g/mol. The number of halogens is 1. The lowest BCUT2D eigenvalue weighted by atomic mass is 10.1. The maximum atomic E-state index is 12.9. The number of amidine groups is 1. The summed E-state index contributed by atoms with van der Waals surface area (Å²) in [6.07, 6.45) is 1.73. The van der Waals surface area contributed by atoms with E-state index in [0.717, 1.165) is 5.56 Å². The standard InChI is InChI=1S/C18H15FN2O3S/c1-23-14-8-3-11(15(10-14)24-2)9-16-17(22)21-18(25-16)20-13-6-4-12(19)5-7-13/h3-10H,1-2H3,(H,20,21,22)/b16-9-. The molecule has 1 amide bonds. The first kappa shape index (κ1) is 17.0. The molecule has 1 aliphatic rings. The summed E-state index contributed by atoms with van der Waals surface area (Å²) in [6, 6.07) is 11.1. The number of carbonyl (C=O) groups is 1. The zero-order valence-corrected chi connectivity index (χ0v) is 14.4. The first-order valence-corrected chi connectivity index (χ1v) is 8.18. The Hall–Kier alpha value is -2.80. The predicted octanol–water partition coefficient (Wildman–Crippen LogP) is 3.73. The van der Waals surface area contributed by atoms with Crippen molar-refractivity contribution in [1.82, 2.24) is 5.32 Å². The van der Waals surface area contributed by atoms with Gasteiger partial charge in [-0.3, -0.25) is 4.79 Å². The third-order valence-electron chi connectivity index (χ3n) is 3.44. The van der Waals surface area contributed by atoms with E-state index in [2.05, 4.69) is 10.3 Å². The zero-order chi connectivity index (χ0) is 17.8. The van der Waals surface area contributed by atoms with Gasteiger partial charge < -0.3 is 14.8 Å². The highest BCUT2D eigenvalue weighted by atomic mass is 32.2. The Balaban J connectivity index is 1.85. The summed E-state index contributed by atoms with van der Waals surface area (Å²) in [4.78, 5) is 16.9. The van der Waals surface area contributed by atoms with Crippen LogP contribution in [0, 0.1) is 5.82 Å². The van der Waals surface area contributed by atoms with Crippen LogP contribution >= 0.6 is 11.8 Å². The molecule has 7 heteroatoms. The number of thioether (sulfide) groups is 1. The van der Waals surface area contributed by atoms with Crippen molar-refractivity contribution in [3.63, 3.8) is 0 Å². The van der Waals surface area contributed by atoms with Crippen LogP contribution in [-0.4, -0.2) is 25.3 Å². The smallest absolute Gasteiger partial charge is 0.264 e. The van der Waals surface area contributed by atoms with E-state index in [9.17, 15) is 9.18 Å². The molecule has 0 unspecified atom stereocenters. The molecule has 1 heterocycles. The van der Waals surface area contributed by atoms with Crippen LogP contribution in [0.4, 0.5) is 10.1 Å². The molecule has 1 saturated heterocycles. The molecule has 0 bridgehead atoms. The van der Waals surface area contributed by atoms with E-state index in [-0.39, 0.29) is 11.7 Å². The van der Waals surface area contributed by atoms with Crippen molar-refractivity contribution in [1.29, 1.82) is 0 Å². The summed E-state index contributed by atoms with van der Waals surface area (Å²) in [5.74, 6) is 0.688. The first-order valence-electron chi connectivity index (χ1n) is 7.36. The van der Waals surface area contributed by atoms with Crippen LogP contribution in [-0.2, 0) is 4.79 Å². The maximum Gasteiger partial charge on any atom is 0.264 e. The van der Waals surface area contributed by atoms with Crippen LogP contribution in [0.15, 0.2) is 52.4 Å². The van der Waals surface area contributed by atoms with E-state index in [0.29, 0.717) is 27.3 Å². The van der Waals surface area contributed by atoms with Crippen LogP contribution in [0.25, 0.3) is 6.08 Å². The number of methoxy groups -OCH3 is 2. The lowest BCUT2D eigenvalue weighted by Gasteiger charge is -2.07. The molecule has 0 aliphatic carbocycles. The summed E-state index contributed by atoms with van der Waals surface area (Å²) in [5.41, 5.74) is 1.32. The highest BCUT2D eigenvalue weighted by Gasteiger charge is 2.24. The lowest BCUT2D eigenvalue weighted by Crippen LogP contribution is -2.19. The number of aliphatic imine (C=N–C) groups is 1. The molecule has 0 saturated carbocycles. The van der Waals surface area contributed by atoms with Gasteiger partial charge in [-0.05, 0) is 54.2 Å². The molecule has 2 aromatic rings. The molecule has 3 rings (SSSR count). The fourth-order valence-electron chi connectivity index (χ4n) is 2.19. The minimum atomic E-state index is -0.334. The monoisotopic (exact) mass is 358 g/mol. The summed E-state index contributed by atoms with van der Waals surface area (Å²) in [7, 11) is 3.13. The molecule has 0 atom stereocenters. The van der Waals surface area contributed by atoms with Crippen molar-refractivity contribution in [3.05, 3.63) is 58.8 Å². The van der Waals surface area contributed by atoms with E-state index >= 15 is 0 Å². The van der Waals surface area contributed by atoms with Gasteiger partial charge in [-0.2, -0.15) is 0 Å². The molecule has 1 fully saturated rings. The Morgan fingerprint density at radius 2 is 1.88 bits per heavy atom. The quantitative estimate of drug-likeness (QED) is 0.846. The van der Waals surface area contributed by atoms with Crippen LogP contribution in [0.2, 0.25) is 0 Å². The summed E-state index contributed by atoms with van der Waals surface area (Å²) >= 11 is 1.21. The van der Waals surface area contributed by atoms with Gasteiger partial charge in [-0.1, -0.05) is 0 Å². The number of nitrogens with one attached hydrogen (secondary N) is 1.